The third-order valence-electron chi connectivity index (χ3n) is 1.66. The third-order valence-corrected chi connectivity index (χ3v) is 1.66. The second-order valence-electron chi connectivity index (χ2n) is 2.73. The third kappa shape index (κ3) is 1.54. The van der Waals surface area contributed by atoms with Crippen molar-refractivity contribution in [2.45, 2.75) is 6.92 Å². The molecular formula is C8H9N5O. The van der Waals surface area contributed by atoms with Gasteiger partial charge in [0.1, 0.15) is 5.75 Å². The van der Waals surface area contributed by atoms with Crippen LogP contribution in [0.25, 0.3) is 5.82 Å². The first-order chi connectivity index (χ1) is 6.79. The van der Waals surface area contributed by atoms with Crippen molar-refractivity contribution in [2.75, 3.05) is 7.11 Å². The Bertz CT molecular complexity index is 439. The molecule has 0 amide bonds. The van der Waals surface area contributed by atoms with E-state index in [9.17, 15) is 0 Å². The Morgan fingerprint density at radius 2 is 2.21 bits per heavy atom. The van der Waals surface area contributed by atoms with Crippen molar-refractivity contribution in [1.29, 1.82) is 0 Å². The van der Waals surface area contributed by atoms with E-state index in [1.807, 2.05) is 6.92 Å². The van der Waals surface area contributed by atoms with Crippen molar-refractivity contribution in [2.24, 2.45) is 0 Å². The van der Waals surface area contributed by atoms with Gasteiger partial charge in [-0.1, -0.05) is 0 Å². The van der Waals surface area contributed by atoms with Crippen LogP contribution in [0.4, 0.5) is 0 Å². The summed E-state index contributed by atoms with van der Waals surface area (Å²) in [6.45, 7) is 1.86. The average molecular weight is 191 g/mol. The van der Waals surface area contributed by atoms with Crippen LogP contribution >= 0.6 is 0 Å². The number of methoxy groups -OCH3 is 1. The number of hydrogen-bond acceptors (Lipinski definition) is 5. The molecule has 0 saturated carbocycles. The fourth-order valence-electron chi connectivity index (χ4n) is 0.997. The predicted molar refractivity (Wildman–Crippen MR) is 48.2 cm³/mol. The van der Waals surface area contributed by atoms with Crippen LogP contribution in [-0.2, 0) is 0 Å². The van der Waals surface area contributed by atoms with Crippen LogP contribution in [0.5, 0.6) is 5.75 Å². The van der Waals surface area contributed by atoms with E-state index >= 15 is 0 Å². The van der Waals surface area contributed by atoms with Gasteiger partial charge in [-0.25, -0.2) is 0 Å². The Kier molecular flexibility index (Phi) is 2.10. The summed E-state index contributed by atoms with van der Waals surface area (Å²) < 4.78 is 5.01. The van der Waals surface area contributed by atoms with Crippen LogP contribution in [0.1, 0.15) is 5.69 Å². The van der Waals surface area contributed by atoms with E-state index in [2.05, 4.69) is 20.4 Å². The highest BCUT2D eigenvalue weighted by molar-refractivity contribution is 5.27. The quantitative estimate of drug-likeness (QED) is 0.686. The first-order valence-corrected chi connectivity index (χ1v) is 4.05. The lowest BCUT2D eigenvalue weighted by Gasteiger charge is -2.00. The van der Waals surface area contributed by atoms with Crippen LogP contribution in [0.3, 0.4) is 0 Å². The van der Waals surface area contributed by atoms with Gasteiger partial charge in [0.25, 0.3) is 0 Å². The maximum atomic E-state index is 5.01. The highest BCUT2D eigenvalue weighted by atomic mass is 16.5. The van der Waals surface area contributed by atoms with E-state index in [-0.39, 0.29) is 0 Å². The van der Waals surface area contributed by atoms with Crippen molar-refractivity contribution in [1.82, 2.24) is 25.2 Å². The number of hydrogen-bond donors (Lipinski definition) is 0. The molecular weight excluding hydrogens is 182 g/mol. The van der Waals surface area contributed by atoms with E-state index in [0.717, 1.165) is 5.69 Å². The zero-order chi connectivity index (χ0) is 9.97. The molecule has 6 nitrogen and oxygen atoms in total. The standard InChI is InChI=1S/C8H9N5O/c1-6-4-10-13(12-6)8-3-7(14-2)5-9-11-8/h3-5H,1-2H3. The Morgan fingerprint density at radius 1 is 1.36 bits per heavy atom. The van der Waals surface area contributed by atoms with Crippen molar-refractivity contribution in [3.05, 3.63) is 24.2 Å². The van der Waals surface area contributed by atoms with Crippen LogP contribution in [0.2, 0.25) is 0 Å². The normalized spacial score (nSPS) is 10.1. The highest BCUT2D eigenvalue weighted by Gasteiger charge is 2.03. The lowest BCUT2D eigenvalue weighted by molar-refractivity contribution is 0.410. The van der Waals surface area contributed by atoms with E-state index in [4.69, 9.17) is 4.74 Å². The van der Waals surface area contributed by atoms with E-state index < -0.39 is 0 Å². The molecule has 0 atom stereocenters. The van der Waals surface area contributed by atoms with Gasteiger partial charge in [0.15, 0.2) is 5.82 Å². The van der Waals surface area contributed by atoms with Crippen molar-refractivity contribution in [3.63, 3.8) is 0 Å². The molecule has 0 saturated heterocycles. The maximum absolute atomic E-state index is 5.01. The molecule has 2 rings (SSSR count). The molecule has 0 unspecified atom stereocenters. The maximum Gasteiger partial charge on any atom is 0.199 e. The average Bonchev–Trinajstić information content (AvgIpc) is 2.65. The summed E-state index contributed by atoms with van der Waals surface area (Å²) in [4.78, 5) is 1.41. The molecule has 0 fully saturated rings. The van der Waals surface area contributed by atoms with Gasteiger partial charge < -0.3 is 4.74 Å². The summed E-state index contributed by atoms with van der Waals surface area (Å²) >= 11 is 0. The summed E-state index contributed by atoms with van der Waals surface area (Å²) in [6, 6.07) is 1.71. The number of aromatic nitrogens is 5. The lowest BCUT2D eigenvalue weighted by Crippen LogP contribution is -2.03. The van der Waals surface area contributed by atoms with Gasteiger partial charge in [-0.15, -0.1) is 9.90 Å². The molecule has 2 aromatic heterocycles. The molecule has 0 spiro atoms. The zero-order valence-electron chi connectivity index (χ0n) is 7.88. The van der Waals surface area contributed by atoms with Crippen LogP contribution in [0, 0.1) is 6.92 Å². The van der Waals surface area contributed by atoms with Crippen molar-refractivity contribution in [3.8, 4) is 11.6 Å². The molecule has 14 heavy (non-hydrogen) atoms. The summed E-state index contributed by atoms with van der Waals surface area (Å²) in [5.41, 5.74) is 0.828. The Balaban J connectivity index is 2.41. The minimum Gasteiger partial charge on any atom is -0.495 e. The monoisotopic (exact) mass is 191 g/mol. The van der Waals surface area contributed by atoms with Gasteiger partial charge >= 0.3 is 0 Å². The Hall–Kier alpha value is -1.98. The van der Waals surface area contributed by atoms with E-state index in [1.54, 1.807) is 19.4 Å². The molecule has 0 aliphatic carbocycles. The van der Waals surface area contributed by atoms with Gasteiger partial charge in [-0.3, -0.25) is 0 Å². The number of rotatable bonds is 2. The highest BCUT2D eigenvalue weighted by Crippen LogP contribution is 2.10. The minimum atomic E-state index is 0.539. The molecule has 0 aliphatic rings. The van der Waals surface area contributed by atoms with Crippen LogP contribution in [0.15, 0.2) is 18.5 Å². The SMILES string of the molecule is COc1cnnc(-n2ncc(C)n2)c1. The van der Waals surface area contributed by atoms with Crippen LogP contribution < -0.4 is 4.74 Å². The largest absolute Gasteiger partial charge is 0.495 e. The van der Waals surface area contributed by atoms with Gasteiger partial charge in [-0.2, -0.15) is 15.3 Å². The van der Waals surface area contributed by atoms with Crippen molar-refractivity contribution >= 4 is 0 Å². The Labute approximate surface area is 80.5 Å². The summed E-state index contributed by atoms with van der Waals surface area (Å²) in [5.74, 6) is 1.17. The zero-order valence-corrected chi connectivity index (χ0v) is 7.88. The fraction of sp³-hybridized carbons (Fsp3) is 0.250. The lowest BCUT2D eigenvalue weighted by atomic mass is 10.5. The number of aryl methyl sites for hydroxylation is 1. The molecule has 0 aromatic carbocycles. The molecule has 72 valence electrons. The molecule has 0 bridgehead atoms. The molecule has 0 radical (unpaired) electrons. The van der Waals surface area contributed by atoms with E-state index in [0.29, 0.717) is 11.6 Å². The first kappa shape index (κ1) is 8.61. The van der Waals surface area contributed by atoms with Gasteiger partial charge in [0.2, 0.25) is 0 Å². The fourth-order valence-corrected chi connectivity index (χ4v) is 0.997. The van der Waals surface area contributed by atoms with Crippen LogP contribution in [-0.4, -0.2) is 32.3 Å². The molecule has 0 N–H and O–H groups in total. The van der Waals surface area contributed by atoms with Gasteiger partial charge in [0.05, 0.1) is 25.2 Å². The van der Waals surface area contributed by atoms with Gasteiger partial charge in [0, 0.05) is 6.07 Å². The molecule has 6 heteroatoms. The minimum absolute atomic E-state index is 0.539. The smallest absolute Gasteiger partial charge is 0.199 e. The topological polar surface area (TPSA) is 65.7 Å². The summed E-state index contributed by atoms with van der Waals surface area (Å²) in [7, 11) is 1.57. The number of ether oxygens (including phenoxy) is 1. The predicted octanol–water partition coefficient (Wildman–Crippen LogP) is 0.374. The second-order valence-corrected chi connectivity index (χ2v) is 2.73. The number of nitrogens with zero attached hydrogens (tertiary/aromatic N) is 5. The molecule has 2 aromatic rings. The molecule has 0 aliphatic heterocycles. The van der Waals surface area contributed by atoms with Crippen molar-refractivity contribution < 1.29 is 4.74 Å². The first-order valence-electron chi connectivity index (χ1n) is 4.05. The summed E-state index contributed by atoms with van der Waals surface area (Å²) in [6.07, 6.45) is 3.18. The Morgan fingerprint density at radius 3 is 2.86 bits per heavy atom. The molecule has 2 heterocycles. The summed E-state index contributed by atoms with van der Waals surface area (Å²) in [5, 5.41) is 15.8. The second kappa shape index (κ2) is 3.41. The van der Waals surface area contributed by atoms with Gasteiger partial charge in [-0.05, 0) is 6.92 Å². The van der Waals surface area contributed by atoms with E-state index in [1.165, 1.54) is 11.0 Å².